The van der Waals surface area contributed by atoms with E-state index < -0.39 is 0 Å². The second kappa shape index (κ2) is 5.33. The first-order chi connectivity index (χ1) is 10.7. The van der Waals surface area contributed by atoms with E-state index in [1.54, 1.807) is 36.4 Å². The van der Waals surface area contributed by atoms with Crippen molar-refractivity contribution in [1.29, 1.82) is 0 Å². The topological polar surface area (TPSA) is 68.3 Å². The molecule has 106 valence electrons. The number of aldehydes is 4. The molecule has 0 radical (unpaired) electrons. The van der Waals surface area contributed by atoms with Crippen LogP contribution in [0.25, 0.3) is 21.5 Å². The van der Waals surface area contributed by atoms with Gasteiger partial charge in [0, 0.05) is 22.3 Å². The molecule has 0 N–H and O–H groups in total. The third-order valence-corrected chi connectivity index (χ3v) is 3.80. The van der Waals surface area contributed by atoms with Gasteiger partial charge in [-0.15, -0.1) is 0 Å². The Morgan fingerprint density at radius 1 is 0.545 bits per heavy atom. The zero-order valence-electron chi connectivity index (χ0n) is 11.4. The number of carbonyl (C=O) groups excluding carboxylic acids is 4. The number of rotatable bonds is 4. The van der Waals surface area contributed by atoms with Crippen LogP contribution in [0.3, 0.4) is 0 Å². The van der Waals surface area contributed by atoms with Crippen LogP contribution in [-0.4, -0.2) is 25.1 Å². The zero-order chi connectivity index (χ0) is 15.7. The maximum absolute atomic E-state index is 11.3. The molecule has 0 saturated carbocycles. The van der Waals surface area contributed by atoms with Crippen molar-refractivity contribution in [3.05, 3.63) is 58.7 Å². The molecule has 0 fully saturated rings. The smallest absolute Gasteiger partial charge is 0.151 e. The summed E-state index contributed by atoms with van der Waals surface area (Å²) in [6, 6.07) is 10.1. The lowest BCUT2D eigenvalue weighted by atomic mass is 9.94. The predicted molar refractivity (Wildman–Crippen MR) is 83.0 cm³/mol. The molecule has 22 heavy (non-hydrogen) atoms. The van der Waals surface area contributed by atoms with Crippen LogP contribution in [0.15, 0.2) is 36.4 Å². The number of benzene rings is 3. The Labute approximate surface area is 125 Å². The van der Waals surface area contributed by atoms with Crippen LogP contribution >= 0.6 is 0 Å². The molecule has 0 aliphatic heterocycles. The lowest BCUT2D eigenvalue weighted by Gasteiger charge is -2.09. The summed E-state index contributed by atoms with van der Waals surface area (Å²) in [6.45, 7) is 0. The number of hydrogen-bond donors (Lipinski definition) is 0. The first kappa shape index (κ1) is 13.8. The Morgan fingerprint density at radius 2 is 0.955 bits per heavy atom. The van der Waals surface area contributed by atoms with Crippen LogP contribution in [-0.2, 0) is 0 Å². The minimum absolute atomic E-state index is 0.321. The van der Waals surface area contributed by atoms with Crippen molar-refractivity contribution in [1.82, 2.24) is 0 Å². The highest BCUT2D eigenvalue weighted by molar-refractivity contribution is 6.13. The molecule has 3 aromatic carbocycles. The lowest BCUT2D eigenvalue weighted by Crippen LogP contribution is -1.95. The summed E-state index contributed by atoms with van der Waals surface area (Å²) in [5.41, 5.74) is 1.28. The van der Waals surface area contributed by atoms with Crippen molar-refractivity contribution in [2.45, 2.75) is 0 Å². The van der Waals surface area contributed by atoms with Crippen LogP contribution in [0.1, 0.15) is 41.4 Å². The molecule has 3 aromatic rings. The molecule has 3 rings (SSSR count). The second-order valence-electron chi connectivity index (χ2n) is 4.90. The molecule has 0 amide bonds. The average molecular weight is 290 g/mol. The lowest BCUT2D eigenvalue weighted by molar-refractivity contribution is 0.109. The fourth-order valence-corrected chi connectivity index (χ4v) is 2.69. The number of hydrogen-bond acceptors (Lipinski definition) is 4. The van der Waals surface area contributed by atoms with Crippen molar-refractivity contribution < 1.29 is 19.2 Å². The summed E-state index contributed by atoms with van der Waals surface area (Å²) in [4.78, 5) is 44.7. The van der Waals surface area contributed by atoms with E-state index >= 15 is 0 Å². The molecular formula is C18H10O4. The van der Waals surface area contributed by atoms with Crippen molar-refractivity contribution in [2.24, 2.45) is 0 Å². The van der Waals surface area contributed by atoms with Gasteiger partial charge in [0.25, 0.3) is 0 Å². The van der Waals surface area contributed by atoms with Crippen LogP contribution in [0, 0.1) is 0 Å². The van der Waals surface area contributed by atoms with Gasteiger partial charge in [0.15, 0.2) is 25.1 Å². The Morgan fingerprint density at radius 3 is 1.27 bits per heavy atom. The first-order valence-corrected chi connectivity index (χ1v) is 6.57. The van der Waals surface area contributed by atoms with E-state index in [4.69, 9.17) is 0 Å². The molecule has 0 aliphatic rings. The summed E-state index contributed by atoms with van der Waals surface area (Å²) in [5.74, 6) is 0. The Hall–Kier alpha value is -3.14. The molecule has 4 heteroatoms. The molecule has 0 aliphatic carbocycles. The standard InChI is InChI=1S/C18H10O4/c19-7-13-3-1-11-5-16-12(6-15(11)17(13)9-21)2-4-14(8-20)18(16)10-22/h1-10H. The molecule has 0 spiro atoms. The van der Waals surface area contributed by atoms with Gasteiger partial charge < -0.3 is 0 Å². The third kappa shape index (κ3) is 1.93. The van der Waals surface area contributed by atoms with E-state index in [-0.39, 0.29) is 0 Å². The van der Waals surface area contributed by atoms with Crippen LogP contribution in [0.4, 0.5) is 0 Å². The molecule has 0 aromatic heterocycles. The minimum atomic E-state index is 0.321. The number of carbonyl (C=O) groups is 4. The van der Waals surface area contributed by atoms with E-state index in [0.29, 0.717) is 58.2 Å². The second-order valence-corrected chi connectivity index (χ2v) is 4.90. The van der Waals surface area contributed by atoms with Crippen LogP contribution in [0.5, 0.6) is 0 Å². The maximum Gasteiger partial charge on any atom is 0.151 e. The van der Waals surface area contributed by atoms with Crippen molar-refractivity contribution in [2.75, 3.05) is 0 Å². The molecular weight excluding hydrogens is 280 g/mol. The minimum Gasteiger partial charge on any atom is -0.298 e. The molecule has 0 atom stereocenters. The fraction of sp³-hybridized carbons (Fsp3) is 0. The van der Waals surface area contributed by atoms with Crippen LogP contribution < -0.4 is 0 Å². The first-order valence-electron chi connectivity index (χ1n) is 6.57. The van der Waals surface area contributed by atoms with Gasteiger partial charge in [0.1, 0.15) is 0 Å². The molecule has 0 bridgehead atoms. The molecule has 0 unspecified atom stereocenters. The van der Waals surface area contributed by atoms with Gasteiger partial charge in [-0.3, -0.25) is 19.2 Å². The monoisotopic (exact) mass is 290 g/mol. The highest BCUT2D eigenvalue weighted by Gasteiger charge is 2.11. The van der Waals surface area contributed by atoms with E-state index in [1.165, 1.54) is 0 Å². The normalized spacial score (nSPS) is 10.5. The van der Waals surface area contributed by atoms with Crippen LogP contribution in [0.2, 0.25) is 0 Å². The van der Waals surface area contributed by atoms with E-state index in [2.05, 4.69) is 0 Å². The van der Waals surface area contributed by atoms with Crippen molar-refractivity contribution in [3.8, 4) is 0 Å². The fourth-order valence-electron chi connectivity index (χ4n) is 2.69. The van der Waals surface area contributed by atoms with Gasteiger partial charge in [-0.2, -0.15) is 0 Å². The highest BCUT2D eigenvalue weighted by Crippen LogP contribution is 2.29. The predicted octanol–water partition coefficient (Wildman–Crippen LogP) is 3.24. The van der Waals surface area contributed by atoms with Gasteiger partial charge in [-0.05, 0) is 33.7 Å². The van der Waals surface area contributed by atoms with Crippen molar-refractivity contribution in [3.63, 3.8) is 0 Å². The summed E-state index contributed by atoms with van der Waals surface area (Å²) in [6.07, 6.45) is 2.58. The average Bonchev–Trinajstić information content (AvgIpc) is 2.57. The highest BCUT2D eigenvalue weighted by atomic mass is 16.1. The summed E-state index contributed by atoms with van der Waals surface area (Å²) in [7, 11) is 0. The van der Waals surface area contributed by atoms with E-state index in [1.807, 2.05) is 0 Å². The van der Waals surface area contributed by atoms with E-state index in [0.717, 1.165) is 10.8 Å². The summed E-state index contributed by atoms with van der Waals surface area (Å²) >= 11 is 0. The van der Waals surface area contributed by atoms with Crippen molar-refractivity contribution >= 4 is 46.7 Å². The molecule has 0 heterocycles. The van der Waals surface area contributed by atoms with Gasteiger partial charge >= 0.3 is 0 Å². The zero-order valence-corrected chi connectivity index (χ0v) is 11.4. The van der Waals surface area contributed by atoms with Gasteiger partial charge in [0.05, 0.1) is 0 Å². The Bertz CT molecular complexity index is 875. The Kier molecular flexibility index (Phi) is 3.35. The van der Waals surface area contributed by atoms with Gasteiger partial charge in [-0.1, -0.05) is 24.3 Å². The molecule has 4 nitrogen and oxygen atoms in total. The largest absolute Gasteiger partial charge is 0.298 e. The number of fused-ring (bicyclic) bond motifs is 2. The summed E-state index contributed by atoms with van der Waals surface area (Å²) in [5, 5.41) is 2.74. The summed E-state index contributed by atoms with van der Waals surface area (Å²) < 4.78 is 0. The third-order valence-electron chi connectivity index (χ3n) is 3.80. The quantitative estimate of drug-likeness (QED) is 0.546. The maximum atomic E-state index is 11.3. The molecule has 0 saturated heterocycles. The SMILES string of the molecule is O=Cc1ccc2cc3c(C=O)c(C=O)ccc3cc2c1C=O. The Balaban J connectivity index is 2.50. The van der Waals surface area contributed by atoms with Gasteiger partial charge in [-0.25, -0.2) is 0 Å². The van der Waals surface area contributed by atoms with Gasteiger partial charge in [0.2, 0.25) is 0 Å². The van der Waals surface area contributed by atoms with E-state index in [9.17, 15) is 19.2 Å².